The van der Waals surface area contributed by atoms with Crippen LogP contribution in [0.4, 0.5) is 0 Å². The molecule has 0 aliphatic heterocycles. The van der Waals surface area contributed by atoms with Gasteiger partial charge in [0.15, 0.2) is 0 Å². The number of hydrogen-bond acceptors (Lipinski definition) is 1. The van der Waals surface area contributed by atoms with Gasteiger partial charge in [0.1, 0.15) is 0 Å². The van der Waals surface area contributed by atoms with Crippen LogP contribution < -0.4 is 0 Å². The van der Waals surface area contributed by atoms with Crippen LogP contribution in [0, 0.1) is 25.2 Å². The molecule has 0 aliphatic carbocycles. The topological polar surface area (TPSA) is 23.8 Å². The van der Waals surface area contributed by atoms with Crippen molar-refractivity contribution in [2.24, 2.45) is 0 Å². The maximum absolute atomic E-state index is 8.90. The summed E-state index contributed by atoms with van der Waals surface area (Å²) in [6.45, 7) is 4.20. The van der Waals surface area contributed by atoms with Crippen molar-refractivity contribution in [2.45, 2.75) is 13.8 Å². The van der Waals surface area contributed by atoms with Gasteiger partial charge in [-0.2, -0.15) is 5.26 Å². The molecule has 0 saturated carbocycles. The minimum Gasteiger partial charge on any atom is -0.192 e. The van der Waals surface area contributed by atoms with E-state index in [4.69, 9.17) is 5.26 Å². The molecule has 0 unspecified atom stereocenters. The molecule has 0 heterocycles. The van der Waals surface area contributed by atoms with Crippen molar-refractivity contribution in [1.82, 2.24) is 0 Å². The van der Waals surface area contributed by atoms with E-state index >= 15 is 0 Å². The van der Waals surface area contributed by atoms with Crippen LogP contribution in [-0.4, -0.2) is 0 Å². The van der Waals surface area contributed by atoms with Crippen LogP contribution in [0.2, 0.25) is 0 Å². The standard InChI is InChI=1S/C15H13N/c1-11-5-3-6-12(2)15(11)14-8-4-7-13(9-14)10-16/h3-9H,1-2H3. The molecule has 0 atom stereocenters. The van der Waals surface area contributed by atoms with Gasteiger partial charge in [0.25, 0.3) is 0 Å². The van der Waals surface area contributed by atoms with Crippen molar-refractivity contribution in [2.75, 3.05) is 0 Å². The smallest absolute Gasteiger partial charge is 0.0991 e. The summed E-state index contributed by atoms with van der Waals surface area (Å²) in [7, 11) is 0. The Morgan fingerprint density at radius 1 is 0.938 bits per heavy atom. The Balaban J connectivity index is 2.64. The molecule has 0 spiro atoms. The summed E-state index contributed by atoms with van der Waals surface area (Å²) in [5, 5.41) is 8.90. The van der Waals surface area contributed by atoms with Gasteiger partial charge in [0, 0.05) is 0 Å². The van der Waals surface area contributed by atoms with E-state index in [-0.39, 0.29) is 0 Å². The first kappa shape index (κ1) is 10.4. The summed E-state index contributed by atoms with van der Waals surface area (Å²) in [6.07, 6.45) is 0. The van der Waals surface area contributed by atoms with Crippen LogP contribution >= 0.6 is 0 Å². The summed E-state index contributed by atoms with van der Waals surface area (Å²) < 4.78 is 0. The van der Waals surface area contributed by atoms with Crippen LogP contribution in [0.15, 0.2) is 42.5 Å². The Kier molecular flexibility index (Phi) is 2.74. The van der Waals surface area contributed by atoms with E-state index in [1.165, 1.54) is 16.7 Å². The van der Waals surface area contributed by atoms with Gasteiger partial charge >= 0.3 is 0 Å². The lowest BCUT2D eigenvalue weighted by molar-refractivity contribution is 1.37. The number of aryl methyl sites for hydroxylation is 2. The van der Waals surface area contributed by atoms with Crippen molar-refractivity contribution in [3.05, 3.63) is 59.2 Å². The van der Waals surface area contributed by atoms with Gasteiger partial charge in [-0.3, -0.25) is 0 Å². The zero-order valence-corrected chi connectivity index (χ0v) is 9.49. The second kappa shape index (κ2) is 4.20. The SMILES string of the molecule is Cc1cccc(C)c1-c1cccc(C#N)c1. The first-order valence-corrected chi connectivity index (χ1v) is 5.29. The van der Waals surface area contributed by atoms with Crippen LogP contribution in [0.3, 0.4) is 0 Å². The molecule has 0 fully saturated rings. The predicted octanol–water partition coefficient (Wildman–Crippen LogP) is 3.84. The van der Waals surface area contributed by atoms with Crippen LogP contribution in [0.25, 0.3) is 11.1 Å². The van der Waals surface area contributed by atoms with Crippen LogP contribution in [0.1, 0.15) is 16.7 Å². The molecular formula is C15H13N. The summed E-state index contributed by atoms with van der Waals surface area (Å²) in [6, 6.07) is 16.2. The van der Waals surface area contributed by atoms with Gasteiger partial charge in [0.2, 0.25) is 0 Å². The van der Waals surface area contributed by atoms with E-state index < -0.39 is 0 Å². The molecule has 0 radical (unpaired) electrons. The third-order valence-corrected chi connectivity index (χ3v) is 2.76. The molecule has 1 heteroatoms. The Labute approximate surface area is 96.0 Å². The Morgan fingerprint density at radius 3 is 2.19 bits per heavy atom. The van der Waals surface area contributed by atoms with E-state index in [1.807, 2.05) is 18.2 Å². The highest BCUT2D eigenvalue weighted by Gasteiger charge is 2.05. The molecule has 1 nitrogen and oxygen atoms in total. The first-order valence-electron chi connectivity index (χ1n) is 5.29. The van der Waals surface area contributed by atoms with Gasteiger partial charge in [-0.05, 0) is 48.2 Å². The van der Waals surface area contributed by atoms with Crippen molar-refractivity contribution >= 4 is 0 Å². The Hall–Kier alpha value is -2.07. The highest BCUT2D eigenvalue weighted by Crippen LogP contribution is 2.27. The average Bonchev–Trinajstić information content (AvgIpc) is 2.29. The molecule has 0 bridgehead atoms. The molecular weight excluding hydrogens is 194 g/mol. The van der Waals surface area contributed by atoms with E-state index in [0.717, 1.165) is 5.56 Å². The fourth-order valence-corrected chi connectivity index (χ4v) is 2.01. The monoisotopic (exact) mass is 207 g/mol. The van der Waals surface area contributed by atoms with Crippen molar-refractivity contribution < 1.29 is 0 Å². The largest absolute Gasteiger partial charge is 0.192 e. The van der Waals surface area contributed by atoms with Gasteiger partial charge in [-0.25, -0.2) is 0 Å². The zero-order valence-electron chi connectivity index (χ0n) is 9.49. The van der Waals surface area contributed by atoms with Crippen molar-refractivity contribution in [1.29, 1.82) is 5.26 Å². The molecule has 16 heavy (non-hydrogen) atoms. The van der Waals surface area contributed by atoms with Crippen LogP contribution in [0.5, 0.6) is 0 Å². The Bertz CT molecular complexity index is 542. The number of benzene rings is 2. The summed E-state index contributed by atoms with van der Waals surface area (Å²) in [4.78, 5) is 0. The number of rotatable bonds is 1. The van der Waals surface area contributed by atoms with Crippen molar-refractivity contribution in [3.63, 3.8) is 0 Å². The minimum atomic E-state index is 0.708. The van der Waals surface area contributed by atoms with E-state index in [1.54, 1.807) is 0 Å². The highest BCUT2D eigenvalue weighted by molar-refractivity contribution is 5.71. The fraction of sp³-hybridized carbons (Fsp3) is 0.133. The highest BCUT2D eigenvalue weighted by atomic mass is 14.2. The Morgan fingerprint density at radius 2 is 1.56 bits per heavy atom. The maximum atomic E-state index is 8.90. The first-order chi connectivity index (χ1) is 7.72. The predicted molar refractivity (Wildman–Crippen MR) is 66.1 cm³/mol. The quantitative estimate of drug-likeness (QED) is 0.697. The van der Waals surface area contributed by atoms with Crippen molar-refractivity contribution in [3.8, 4) is 17.2 Å². The fourth-order valence-electron chi connectivity index (χ4n) is 2.01. The maximum Gasteiger partial charge on any atom is 0.0991 e. The summed E-state index contributed by atoms with van der Waals surface area (Å²) in [5.74, 6) is 0. The third-order valence-electron chi connectivity index (χ3n) is 2.76. The third kappa shape index (κ3) is 1.83. The van der Waals surface area contributed by atoms with E-state index in [9.17, 15) is 0 Å². The van der Waals surface area contributed by atoms with Crippen LogP contribution in [-0.2, 0) is 0 Å². The van der Waals surface area contributed by atoms with E-state index in [0.29, 0.717) is 5.56 Å². The molecule has 78 valence electrons. The lowest BCUT2D eigenvalue weighted by Crippen LogP contribution is -1.88. The molecule has 0 aromatic heterocycles. The molecule has 2 aromatic rings. The normalized spacial score (nSPS) is 9.81. The van der Waals surface area contributed by atoms with Gasteiger partial charge in [-0.15, -0.1) is 0 Å². The molecule has 2 aromatic carbocycles. The second-order valence-electron chi connectivity index (χ2n) is 3.96. The molecule has 0 N–H and O–H groups in total. The number of nitrogens with zero attached hydrogens (tertiary/aromatic N) is 1. The zero-order chi connectivity index (χ0) is 11.5. The second-order valence-corrected chi connectivity index (χ2v) is 3.96. The van der Waals surface area contributed by atoms with Gasteiger partial charge < -0.3 is 0 Å². The minimum absolute atomic E-state index is 0.708. The number of hydrogen-bond donors (Lipinski definition) is 0. The summed E-state index contributed by atoms with van der Waals surface area (Å²) >= 11 is 0. The van der Waals surface area contributed by atoms with E-state index in [2.05, 4.69) is 44.2 Å². The molecule has 0 amide bonds. The average molecular weight is 207 g/mol. The molecule has 2 rings (SSSR count). The van der Waals surface area contributed by atoms with Gasteiger partial charge in [-0.1, -0.05) is 30.3 Å². The lowest BCUT2D eigenvalue weighted by Gasteiger charge is -2.09. The van der Waals surface area contributed by atoms with Gasteiger partial charge in [0.05, 0.1) is 11.6 Å². The summed E-state index contributed by atoms with van der Waals surface area (Å²) in [5.41, 5.74) is 5.56. The molecule has 0 aliphatic rings. The number of nitriles is 1. The lowest BCUT2D eigenvalue weighted by atomic mass is 9.95. The molecule has 0 saturated heterocycles.